The quantitative estimate of drug-likeness (QED) is 0.171. The molecule has 3 heteroatoms. The number of rotatable bonds is 5. The topological polar surface area (TPSA) is 14.8 Å². The molecule has 0 bridgehead atoms. The molecular weight excluding hydrogens is 643 g/mol. The van der Waals surface area contributed by atoms with Crippen LogP contribution in [0, 0.1) is 0 Å². The number of nitrogens with zero attached hydrogens (tertiary/aromatic N) is 3. The number of hydrogen-bond acceptors (Lipinski definition) is 0. The van der Waals surface area contributed by atoms with Gasteiger partial charge in [-0.05, 0) is 92.3 Å². The summed E-state index contributed by atoms with van der Waals surface area (Å²) >= 11 is 0. The van der Waals surface area contributed by atoms with Crippen LogP contribution >= 0.6 is 0 Å². The predicted molar refractivity (Wildman–Crippen MR) is 226 cm³/mol. The summed E-state index contributed by atoms with van der Waals surface area (Å²) < 4.78 is 7.51. The van der Waals surface area contributed by atoms with Gasteiger partial charge in [0.2, 0.25) is 0 Å². The molecule has 258 valence electrons. The first-order valence-corrected chi connectivity index (χ1v) is 18.8. The van der Waals surface area contributed by atoms with E-state index in [4.69, 9.17) is 0 Å². The van der Waals surface area contributed by atoms with Crippen molar-refractivity contribution in [2.45, 2.75) is 52.0 Å². The van der Waals surface area contributed by atoms with Crippen molar-refractivity contribution in [3.8, 4) is 11.4 Å². The highest BCUT2D eigenvalue weighted by Crippen LogP contribution is 2.43. The second-order valence-electron chi connectivity index (χ2n) is 16.3. The highest BCUT2D eigenvalue weighted by molar-refractivity contribution is 6.15. The Kier molecular flexibility index (Phi) is 6.85. The molecule has 3 aromatic heterocycles. The van der Waals surface area contributed by atoms with Crippen LogP contribution in [-0.2, 0) is 17.4 Å². The Morgan fingerprint density at radius 3 is 1.47 bits per heavy atom. The van der Waals surface area contributed by atoms with Crippen LogP contribution in [0.15, 0.2) is 158 Å². The third-order valence-corrected chi connectivity index (χ3v) is 11.5. The van der Waals surface area contributed by atoms with E-state index in [0.29, 0.717) is 0 Å². The first-order chi connectivity index (χ1) is 25.7. The fourth-order valence-corrected chi connectivity index (χ4v) is 9.22. The largest absolute Gasteiger partial charge is 0.333 e. The fourth-order valence-electron chi connectivity index (χ4n) is 9.22. The van der Waals surface area contributed by atoms with Gasteiger partial charge in [0.15, 0.2) is 0 Å². The Morgan fingerprint density at radius 1 is 0.434 bits per heavy atom. The van der Waals surface area contributed by atoms with Gasteiger partial charge in [0.1, 0.15) is 0 Å². The van der Waals surface area contributed by atoms with Crippen molar-refractivity contribution in [2.75, 3.05) is 0 Å². The smallest absolute Gasteiger partial charge is 0.0741 e. The van der Waals surface area contributed by atoms with E-state index in [9.17, 15) is 0 Å². The highest BCUT2D eigenvalue weighted by Gasteiger charge is 2.28. The van der Waals surface area contributed by atoms with E-state index in [1.54, 1.807) is 0 Å². The molecule has 0 N–H and O–H groups in total. The Bertz CT molecular complexity index is 2940. The molecule has 0 aliphatic rings. The molecule has 0 unspecified atom stereocenters. The molecule has 10 aromatic rings. The molecule has 0 aliphatic heterocycles. The van der Waals surface area contributed by atoms with Crippen LogP contribution in [0.1, 0.15) is 45.7 Å². The lowest BCUT2D eigenvalue weighted by Crippen LogP contribution is -2.22. The molecule has 0 amide bonds. The van der Waals surface area contributed by atoms with E-state index >= 15 is 0 Å². The van der Waals surface area contributed by atoms with E-state index in [0.717, 1.165) is 6.42 Å². The van der Waals surface area contributed by atoms with E-state index < -0.39 is 0 Å². The monoisotopic (exact) mass is 685 g/mol. The van der Waals surface area contributed by atoms with Gasteiger partial charge in [-0.2, -0.15) is 0 Å². The minimum absolute atomic E-state index is 0.135. The van der Waals surface area contributed by atoms with Crippen LogP contribution in [0.5, 0.6) is 0 Å². The second kappa shape index (κ2) is 11.5. The zero-order chi connectivity index (χ0) is 36.1. The van der Waals surface area contributed by atoms with Gasteiger partial charge in [0.25, 0.3) is 0 Å². The molecule has 7 aromatic carbocycles. The average molecular weight is 686 g/mol. The molecule has 10 rings (SSSR count). The lowest BCUT2D eigenvalue weighted by Gasteiger charge is -2.27. The normalized spacial score (nSPS) is 12.7. The third kappa shape index (κ3) is 4.73. The van der Waals surface area contributed by atoms with Gasteiger partial charge in [-0.1, -0.05) is 123 Å². The van der Waals surface area contributed by atoms with Gasteiger partial charge in [-0.3, -0.25) is 0 Å². The van der Waals surface area contributed by atoms with Crippen molar-refractivity contribution in [2.24, 2.45) is 0 Å². The van der Waals surface area contributed by atoms with E-state index in [1.807, 2.05) is 0 Å². The van der Waals surface area contributed by atoms with Crippen molar-refractivity contribution in [1.82, 2.24) is 13.7 Å². The first-order valence-electron chi connectivity index (χ1n) is 18.8. The Balaban J connectivity index is 1.16. The molecule has 0 spiro atoms. The van der Waals surface area contributed by atoms with Crippen molar-refractivity contribution < 1.29 is 0 Å². The SMILES string of the molecule is CC(C)(Cc1cccc2c1c1cccc(-n3c4ccccc4c4ccccc43)c1n2C(C)(C)C)c1cccc(-n2c3ccccc3c3ccccc32)c1. The minimum Gasteiger partial charge on any atom is -0.333 e. The maximum Gasteiger partial charge on any atom is 0.0741 e. The summed E-state index contributed by atoms with van der Waals surface area (Å²) in [4.78, 5) is 0. The number of aromatic nitrogens is 3. The zero-order valence-corrected chi connectivity index (χ0v) is 31.1. The second-order valence-corrected chi connectivity index (χ2v) is 16.3. The van der Waals surface area contributed by atoms with Gasteiger partial charge in [0, 0.05) is 49.1 Å². The first kappa shape index (κ1) is 31.7. The van der Waals surface area contributed by atoms with E-state index in [2.05, 4.69) is 206 Å². The van der Waals surface area contributed by atoms with Gasteiger partial charge in [-0.15, -0.1) is 0 Å². The van der Waals surface area contributed by atoms with Gasteiger partial charge in [0.05, 0.1) is 33.3 Å². The van der Waals surface area contributed by atoms with Crippen LogP contribution in [0.25, 0.3) is 76.8 Å². The van der Waals surface area contributed by atoms with Crippen molar-refractivity contribution in [1.29, 1.82) is 0 Å². The average Bonchev–Trinajstić information content (AvgIpc) is 3.81. The van der Waals surface area contributed by atoms with Crippen molar-refractivity contribution >= 4 is 65.4 Å². The minimum atomic E-state index is -0.153. The Morgan fingerprint density at radius 2 is 0.906 bits per heavy atom. The Labute approximate surface area is 310 Å². The van der Waals surface area contributed by atoms with Gasteiger partial charge < -0.3 is 13.7 Å². The summed E-state index contributed by atoms with van der Waals surface area (Å²) in [6.45, 7) is 11.8. The molecule has 3 heterocycles. The summed E-state index contributed by atoms with van der Waals surface area (Å²) in [5.41, 5.74) is 12.3. The Hall–Kier alpha value is -6.06. The molecule has 3 nitrogen and oxygen atoms in total. The third-order valence-electron chi connectivity index (χ3n) is 11.5. The predicted octanol–water partition coefficient (Wildman–Crippen LogP) is 13.3. The van der Waals surface area contributed by atoms with Crippen LogP contribution in [0.2, 0.25) is 0 Å². The molecule has 0 saturated carbocycles. The van der Waals surface area contributed by atoms with Crippen molar-refractivity contribution in [3.05, 3.63) is 169 Å². The molecule has 0 fully saturated rings. The fraction of sp³-hybridized carbons (Fsp3) is 0.160. The van der Waals surface area contributed by atoms with Crippen LogP contribution < -0.4 is 0 Å². The summed E-state index contributed by atoms with van der Waals surface area (Å²) in [5, 5.41) is 7.80. The number of benzene rings is 7. The lowest BCUT2D eigenvalue weighted by molar-refractivity contribution is 0.423. The lowest BCUT2D eigenvalue weighted by atomic mass is 9.78. The van der Waals surface area contributed by atoms with Crippen molar-refractivity contribution in [3.63, 3.8) is 0 Å². The molecule has 53 heavy (non-hydrogen) atoms. The summed E-state index contributed by atoms with van der Waals surface area (Å²) in [6, 6.07) is 58.3. The maximum absolute atomic E-state index is 2.59. The van der Waals surface area contributed by atoms with Gasteiger partial charge in [-0.25, -0.2) is 0 Å². The zero-order valence-electron chi connectivity index (χ0n) is 31.1. The van der Waals surface area contributed by atoms with E-state index in [-0.39, 0.29) is 11.0 Å². The highest BCUT2D eigenvalue weighted by atomic mass is 15.1. The molecule has 0 atom stereocenters. The van der Waals surface area contributed by atoms with Crippen LogP contribution in [0.3, 0.4) is 0 Å². The standard InChI is InChI=1S/C50H43N3/c1-49(2,3)53-45-29-14-17-33(47(45)40-24-16-30-46(48(40)53)52-43-27-12-8-22-38(43)39-23-9-13-28-44(39)52)32-50(4,5)34-18-15-19-35(31-34)51-41-25-10-6-20-36(41)37-21-7-11-26-42(37)51/h6-31H,32H2,1-5H3. The molecule has 0 saturated heterocycles. The van der Waals surface area contributed by atoms with Crippen LogP contribution in [0.4, 0.5) is 0 Å². The van der Waals surface area contributed by atoms with Gasteiger partial charge >= 0.3 is 0 Å². The number of fused-ring (bicyclic) bond motifs is 9. The summed E-state index contributed by atoms with van der Waals surface area (Å²) in [5.74, 6) is 0. The van der Waals surface area contributed by atoms with E-state index in [1.165, 1.54) is 87.9 Å². The number of hydrogen-bond donors (Lipinski definition) is 0. The maximum atomic E-state index is 2.59. The molecule has 0 radical (unpaired) electrons. The number of para-hydroxylation sites is 5. The molecule has 0 aliphatic carbocycles. The summed E-state index contributed by atoms with van der Waals surface area (Å²) in [7, 11) is 0. The summed E-state index contributed by atoms with van der Waals surface area (Å²) in [6.07, 6.45) is 0.907. The molecular formula is C50H43N3. The van der Waals surface area contributed by atoms with Crippen LogP contribution in [-0.4, -0.2) is 13.7 Å².